The summed E-state index contributed by atoms with van der Waals surface area (Å²) < 4.78 is 33.1. The average Bonchev–Trinajstić information content (AvgIpc) is 2.99. The summed E-state index contributed by atoms with van der Waals surface area (Å²) in [6, 6.07) is 10.9. The Balaban J connectivity index is 1.40. The number of aryl methyl sites for hydroxylation is 1. The van der Waals surface area contributed by atoms with Crippen LogP contribution in [0.3, 0.4) is 0 Å². The van der Waals surface area contributed by atoms with Crippen molar-refractivity contribution in [1.82, 2.24) is 9.29 Å². The molecule has 25 heavy (non-hydrogen) atoms. The maximum atomic E-state index is 12.8. The summed E-state index contributed by atoms with van der Waals surface area (Å²) in [5, 5.41) is 0. The van der Waals surface area contributed by atoms with Gasteiger partial charge in [0.25, 0.3) is 0 Å². The van der Waals surface area contributed by atoms with Crippen LogP contribution in [0, 0.1) is 6.92 Å². The van der Waals surface area contributed by atoms with Crippen molar-refractivity contribution >= 4 is 21.8 Å². The lowest BCUT2D eigenvalue weighted by atomic mass is 9.95. The van der Waals surface area contributed by atoms with Crippen molar-refractivity contribution in [2.75, 3.05) is 18.8 Å². The number of benzene rings is 1. The molecule has 2 fully saturated rings. The van der Waals surface area contributed by atoms with Gasteiger partial charge in [-0.1, -0.05) is 12.1 Å². The van der Waals surface area contributed by atoms with Gasteiger partial charge in [-0.2, -0.15) is 4.31 Å². The average molecular weight is 377 g/mol. The molecule has 1 aromatic carbocycles. The van der Waals surface area contributed by atoms with Crippen LogP contribution in [0.4, 0.5) is 0 Å². The van der Waals surface area contributed by atoms with Crippen molar-refractivity contribution in [3.8, 4) is 5.75 Å². The summed E-state index contributed by atoms with van der Waals surface area (Å²) >= 11 is 1.83. The van der Waals surface area contributed by atoms with Crippen LogP contribution in [0.2, 0.25) is 0 Å². The number of hydrogen-bond donors (Lipinski definition) is 0. The minimum atomic E-state index is -3.40. The van der Waals surface area contributed by atoms with Gasteiger partial charge in [0.1, 0.15) is 11.9 Å². The van der Waals surface area contributed by atoms with E-state index in [9.17, 15) is 8.42 Å². The highest BCUT2D eigenvalue weighted by Gasteiger charge is 2.53. The molecule has 1 atom stereocenters. The van der Waals surface area contributed by atoms with Crippen molar-refractivity contribution in [1.29, 1.82) is 0 Å². The molecular formula is C18H20N2O3S2. The second-order valence-corrected chi connectivity index (χ2v) is 10.1. The minimum absolute atomic E-state index is 0.0101. The SMILES string of the molecule is Cc1cccc(S(=O)(=O)N2CC3(C[C@H](Oc4cccnc4)CS3)C2)c1. The Labute approximate surface area is 152 Å². The number of rotatable bonds is 4. The molecule has 0 N–H and O–H groups in total. The first-order valence-corrected chi connectivity index (χ1v) is 10.7. The number of nitrogens with zero attached hydrogens (tertiary/aromatic N) is 2. The third-order valence-corrected chi connectivity index (χ3v) is 8.03. The highest BCUT2D eigenvalue weighted by atomic mass is 32.2. The van der Waals surface area contributed by atoms with Gasteiger partial charge in [0.2, 0.25) is 10.0 Å². The summed E-state index contributed by atoms with van der Waals surface area (Å²) in [5.41, 5.74) is 0.955. The summed E-state index contributed by atoms with van der Waals surface area (Å²) in [7, 11) is -3.40. The van der Waals surface area contributed by atoms with Crippen LogP contribution >= 0.6 is 11.8 Å². The Morgan fingerprint density at radius 2 is 2.12 bits per heavy atom. The highest BCUT2D eigenvalue weighted by molar-refractivity contribution is 8.01. The van der Waals surface area contributed by atoms with E-state index >= 15 is 0 Å². The normalized spacial score (nSPS) is 22.7. The van der Waals surface area contributed by atoms with Gasteiger partial charge in [0, 0.05) is 36.2 Å². The summed E-state index contributed by atoms with van der Waals surface area (Å²) in [6.07, 6.45) is 4.41. The Morgan fingerprint density at radius 1 is 1.28 bits per heavy atom. The molecule has 2 aromatic rings. The van der Waals surface area contributed by atoms with E-state index in [0.717, 1.165) is 23.5 Å². The number of sulfonamides is 1. The molecule has 7 heteroatoms. The second kappa shape index (κ2) is 6.30. The number of thioether (sulfide) groups is 1. The number of hydrogen-bond acceptors (Lipinski definition) is 5. The Bertz CT molecular complexity index is 865. The van der Waals surface area contributed by atoms with E-state index in [4.69, 9.17) is 4.74 Å². The van der Waals surface area contributed by atoms with Crippen LogP contribution in [0.1, 0.15) is 12.0 Å². The fourth-order valence-electron chi connectivity index (χ4n) is 3.40. The van der Waals surface area contributed by atoms with Gasteiger partial charge in [-0.25, -0.2) is 8.42 Å². The second-order valence-electron chi connectivity index (χ2n) is 6.72. The summed E-state index contributed by atoms with van der Waals surface area (Å²) in [4.78, 5) is 4.45. The summed E-state index contributed by atoms with van der Waals surface area (Å²) in [6.45, 7) is 3.02. The standard InChI is InChI=1S/C18H20N2O3S2/c1-14-4-2-6-17(8-14)25(21,22)20-12-18(13-20)9-16(11-24-18)23-15-5-3-7-19-10-15/h2-8,10,16H,9,11-13H2,1H3/t16-/m0/s1. The summed E-state index contributed by atoms with van der Waals surface area (Å²) in [5.74, 6) is 1.65. The van der Waals surface area contributed by atoms with Gasteiger partial charge in [0.15, 0.2) is 0 Å². The molecule has 3 heterocycles. The van der Waals surface area contributed by atoms with E-state index in [0.29, 0.717) is 18.0 Å². The zero-order valence-electron chi connectivity index (χ0n) is 14.0. The highest BCUT2D eigenvalue weighted by Crippen LogP contribution is 2.47. The van der Waals surface area contributed by atoms with Crippen LogP contribution in [-0.4, -0.2) is 47.4 Å². The molecule has 5 nitrogen and oxygen atoms in total. The first-order valence-electron chi connectivity index (χ1n) is 8.24. The molecule has 2 saturated heterocycles. The molecule has 0 radical (unpaired) electrons. The van der Waals surface area contributed by atoms with Gasteiger partial charge in [0.05, 0.1) is 11.1 Å². The van der Waals surface area contributed by atoms with Crippen LogP contribution in [0.15, 0.2) is 53.7 Å². The fraction of sp³-hybridized carbons (Fsp3) is 0.389. The quantitative estimate of drug-likeness (QED) is 0.821. The van der Waals surface area contributed by atoms with Crippen LogP contribution in [-0.2, 0) is 10.0 Å². The van der Waals surface area contributed by atoms with Crippen molar-refractivity contribution in [3.63, 3.8) is 0 Å². The van der Waals surface area contributed by atoms with E-state index in [-0.39, 0.29) is 10.9 Å². The predicted octanol–water partition coefficient (Wildman–Crippen LogP) is 2.72. The number of ether oxygens (including phenoxy) is 1. The molecule has 2 aliphatic heterocycles. The Morgan fingerprint density at radius 3 is 2.84 bits per heavy atom. The zero-order chi connectivity index (χ0) is 17.5. The molecule has 0 saturated carbocycles. The molecule has 132 valence electrons. The van der Waals surface area contributed by atoms with E-state index in [1.54, 1.807) is 34.9 Å². The predicted molar refractivity (Wildman–Crippen MR) is 98.4 cm³/mol. The topological polar surface area (TPSA) is 59.5 Å². The smallest absolute Gasteiger partial charge is 0.243 e. The largest absolute Gasteiger partial charge is 0.488 e. The van der Waals surface area contributed by atoms with Crippen molar-refractivity contribution in [3.05, 3.63) is 54.4 Å². The molecule has 0 bridgehead atoms. The molecule has 0 aliphatic carbocycles. The third-order valence-electron chi connectivity index (χ3n) is 4.67. The molecule has 1 aromatic heterocycles. The van der Waals surface area contributed by atoms with Crippen molar-refractivity contribution in [2.45, 2.75) is 29.1 Å². The van der Waals surface area contributed by atoms with E-state index in [2.05, 4.69) is 4.98 Å². The first kappa shape index (κ1) is 16.9. The van der Waals surface area contributed by atoms with Gasteiger partial charge >= 0.3 is 0 Å². The lowest BCUT2D eigenvalue weighted by molar-refractivity contribution is 0.159. The number of pyridine rings is 1. The maximum Gasteiger partial charge on any atom is 0.243 e. The Kier molecular flexibility index (Phi) is 4.25. The van der Waals surface area contributed by atoms with E-state index in [1.165, 1.54) is 0 Å². The van der Waals surface area contributed by atoms with Gasteiger partial charge < -0.3 is 4.74 Å². The molecule has 1 spiro atoms. The first-order chi connectivity index (χ1) is 12.0. The monoisotopic (exact) mass is 376 g/mol. The molecule has 4 rings (SSSR count). The molecular weight excluding hydrogens is 356 g/mol. The molecule has 2 aliphatic rings. The van der Waals surface area contributed by atoms with Gasteiger partial charge in [-0.05, 0) is 36.8 Å². The minimum Gasteiger partial charge on any atom is -0.488 e. The lowest BCUT2D eigenvalue weighted by Crippen LogP contribution is -2.60. The number of aromatic nitrogens is 1. The van der Waals surface area contributed by atoms with Crippen molar-refractivity contribution < 1.29 is 13.2 Å². The molecule has 0 unspecified atom stereocenters. The van der Waals surface area contributed by atoms with Crippen LogP contribution in [0.25, 0.3) is 0 Å². The van der Waals surface area contributed by atoms with E-state index in [1.807, 2.05) is 36.9 Å². The van der Waals surface area contributed by atoms with Gasteiger partial charge in [-0.3, -0.25) is 4.98 Å². The third kappa shape index (κ3) is 3.28. The Hall–Kier alpha value is -1.57. The van der Waals surface area contributed by atoms with Crippen LogP contribution < -0.4 is 4.74 Å². The zero-order valence-corrected chi connectivity index (χ0v) is 15.6. The fourth-order valence-corrected chi connectivity index (χ4v) is 6.80. The van der Waals surface area contributed by atoms with Gasteiger partial charge in [-0.15, -0.1) is 11.8 Å². The lowest BCUT2D eigenvalue weighted by Gasteiger charge is -2.46. The maximum absolute atomic E-state index is 12.8. The molecule has 0 amide bonds. The van der Waals surface area contributed by atoms with Crippen molar-refractivity contribution in [2.24, 2.45) is 0 Å². The van der Waals surface area contributed by atoms with E-state index < -0.39 is 10.0 Å². The van der Waals surface area contributed by atoms with Crippen LogP contribution in [0.5, 0.6) is 5.75 Å².